The van der Waals surface area contributed by atoms with Crippen molar-refractivity contribution in [2.45, 2.75) is 0 Å². The fourth-order valence-corrected chi connectivity index (χ4v) is 2.18. The molecule has 0 saturated carbocycles. The summed E-state index contributed by atoms with van der Waals surface area (Å²) in [6, 6.07) is 12.6. The quantitative estimate of drug-likeness (QED) is 0.668. The van der Waals surface area contributed by atoms with Crippen LogP contribution in [0.4, 0.5) is 0 Å². The van der Waals surface area contributed by atoms with Gasteiger partial charge in [0.05, 0.1) is 12.7 Å². The van der Waals surface area contributed by atoms with Gasteiger partial charge < -0.3 is 15.2 Å². The number of rotatable bonds is 4. The Hall–Kier alpha value is -2.01. The molecule has 0 radical (unpaired) electrons. The molecule has 2 aromatic carbocycles. The van der Waals surface area contributed by atoms with Gasteiger partial charge in [-0.1, -0.05) is 6.07 Å². The molecule has 4 nitrogen and oxygen atoms in total. The van der Waals surface area contributed by atoms with E-state index in [4.69, 9.17) is 20.6 Å². The van der Waals surface area contributed by atoms with Crippen LogP contribution in [0.1, 0.15) is 5.56 Å². The molecule has 3 N–H and O–H groups in total. The molecular formula is C14H13BrN2O2. The largest absolute Gasteiger partial charge is 0.497 e. The second kappa shape index (κ2) is 5.75. The number of benzene rings is 2. The maximum atomic E-state index is 7.59. The number of amidine groups is 1. The van der Waals surface area contributed by atoms with Crippen LogP contribution in [0.25, 0.3) is 0 Å². The Morgan fingerprint density at radius 2 is 1.74 bits per heavy atom. The number of nitrogens with one attached hydrogen (secondary N) is 1. The molecule has 0 aliphatic heterocycles. The number of methoxy groups -OCH3 is 1. The van der Waals surface area contributed by atoms with Gasteiger partial charge in [-0.2, -0.15) is 0 Å². The van der Waals surface area contributed by atoms with Crippen LogP contribution in [0.3, 0.4) is 0 Å². The van der Waals surface area contributed by atoms with E-state index in [-0.39, 0.29) is 5.84 Å². The van der Waals surface area contributed by atoms with Gasteiger partial charge in [0.25, 0.3) is 0 Å². The average molecular weight is 321 g/mol. The normalized spacial score (nSPS) is 10.0. The number of hydrogen-bond donors (Lipinski definition) is 2. The van der Waals surface area contributed by atoms with Crippen molar-refractivity contribution in [3.63, 3.8) is 0 Å². The van der Waals surface area contributed by atoms with Crippen LogP contribution < -0.4 is 15.2 Å². The Morgan fingerprint density at radius 3 is 2.32 bits per heavy atom. The van der Waals surface area contributed by atoms with Gasteiger partial charge in [0.15, 0.2) is 0 Å². The predicted octanol–water partition coefficient (Wildman–Crippen LogP) is 3.53. The first kappa shape index (κ1) is 13.4. The molecule has 0 bridgehead atoms. The highest BCUT2D eigenvalue weighted by atomic mass is 79.9. The highest BCUT2D eigenvalue weighted by Crippen LogP contribution is 2.30. The van der Waals surface area contributed by atoms with E-state index in [1.54, 1.807) is 37.4 Å². The standard InChI is InChI=1S/C14H13BrN2O2/c1-18-9-5-7-10(8-6-9)19-12-4-2-3-11(15)13(12)14(16)17/h2-8H,1H3,(H3,16,17). The number of halogens is 1. The zero-order valence-corrected chi connectivity index (χ0v) is 11.9. The summed E-state index contributed by atoms with van der Waals surface area (Å²) in [6.07, 6.45) is 0. The third-order valence-corrected chi connectivity index (χ3v) is 3.19. The fraction of sp³-hybridized carbons (Fsp3) is 0.0714. The van der Waals surface area contributed by atoms with Crippen molar-refractivity contribution in [3.8, 4) is 17.2 Å². The van der Waals surface area contributed by atoms with E-state index >= 15 is 0 Å². The van der Waals surface area contributed by atoms with Crippen molar-refractivity contribution < 1.29 is 9.47 Å². The smallest absolute Gasteiger partial charge is 0.139 e. The molecule has 0 aliphatic carbocycles. The molecule has 0 amide bonds. The summed E-state index contributed by atoms with van der Waals surface area (Å²) < 4.78 is 11.6. The lowest BCUT2D eigenvalue weighted by Crippen LogP contribution is -2.13. The molecular weight excluding hydrogens is 308 g/mol. The summed E-state index contributed by atoms with van der Waals surface area (Å²) in [5.41, 5.74) is 6.11. The van der Waals surface area contributed by atoms with E-state index in [9.17, 15) is 0 Å². The maximum absolute atomic E-state index is 7.59. The molecule has 0 fully saturated rings. The van der Waals surface area contributed by atoms with Crippen LogP contribution in [-0.4, -0.2) is 12.9 Å². The summed E-state index contributed by atoms with van der Waals surface area (Å²) in [6.45, 7) is 0. The van der Waals surface area contributed by atoms with Crippen molar-refractivity contribution in [1.29, 1.82) is 5.41 Å². The maximum Gasteiger partial charge on any atom is 0.139 e. The SMILES string of the molecule is COc1ccc(Oc2cccc(Br)c2C(=N)N)cc1. The van der Waals surface area contributed by atoms with Gasteiger partial charge in [-0.25, -0.2) is 0 Å². The summed E-state index contributed by atoms with van der Waals surface area (Å²) in [5, 5.41) is 7.59. The summed E-state index contributed by atoms with van der Waals surface area (Å²) in [4.78, 5) is 0. The summed E-state index contributed by atoms with van der Waals surface area (Å²) in [7, 11) is 1.61. The average Bonchev–Trinajstić information content (AvgIpc) is 2.39. The van der Waals surface area contributed by atoms with E-state index < -0.39 is 0 Å². The monoisotopic (exact) mass is 320 g/mol. The third-order valence-electron chi connectivity index (χ3n) is 2.53. The van der Waals surface area contributed by atoms with Gasteiger partial charge in [-0.15, -0.1) is 0 Å². The molecule has 2 rings (SSSR count). The molecule has 98 valence electrons. The van der Waals surface area contributed by atoms with Crippen LogP contribution in [0, 0.1) is 5.41 Å². The molecule has 0 aliphatic rings. The molecule has 0 heterocycles. The number of ether oxygens (including phenoxy) is 2. The van der Waals surface area contributed by atoms with Crippen molar-refractivity contribution >= 4 is 21.8 Å². The fourth-order valence-electron chi connectivity index (χ4n) is 1.62. The van der Waals surface area contributed by atoms with E-state index in [2.05, 4.69) is 15.9 Å². The minimum Gasteiger partial charge on any atom is -0.497 e. The molecule has 0 aromatic heterocycles. The van der Waals surface area contributed by atoms with Crippen molar-refractivity contribution in [2.75, 3.05) is 7.11 Å². The zero-order chi connectivity index (χ0) is 13.8. The van der Waals surface area contributed by atoms with Gasteiger partial charge in [0.2, 0.25) is 0 Å². The van der Waals surface area contributed by atoms with E-state index in [0.717, 1.165) is 10.2 Å². The lowest BCUT2D eigenvalue weighted by molar-refractivity contribution is 0.413. The van der Waals surface area contributed by atoms with Gasteiger partial charge in [-0.05, 0) is 52.3 Å². The minimum atomic E-state index is -0.0454. The molecule has 5 heteroatoms. The molecule has 0 saturated heterocycles. The van der Waals surface area contributed by atoms with Gasteiger partial charge in [0, 0.05) is 4.47 Å². The number of nitrogen functional groups attached to an aromatic ring is 1. The predicted molar refractivity (Wildman–Crippen MR) is 78.2 cm³/mol. The van der Waals surface area contributed by atoms with Crippen LogP contribution in [0.15, 0.2) is 46.9 Å². The van der Waals surface area contributed by atoms with Crippen molar-refractivity contribution in [1.82, 2.24) is 0 Å². The molecule has 0 atom stereocenters. The van der Waals surface area contributed by atoms with Crippen molar-refractivity contribution in [3.05, 3.63) is 52.5 Å². The molecule has 19 heavy (non-hydrogen) atoms. The van der Waals surface area contributed by atoms with Crippen LogP contribution in [-0.2, 0) is 0 Å². The van der Waals surface area contributed by atoms with Crippen LogP contribution in [0.2, 0.25) is 0 Å². The lowest BCUT2D eigenvalue weighted by Gasteiger charge is -2.12. The first-order chi connectivity index (χ1) is 9.11. The van der Waals surface area contributed by atoms with Gasteiger partial charge >= 0.3 is 0 Å². The second-order valence-electron chi connectivity index (χ2n) is 3.80. The van der Waals surface area contributed by atoms with E-state index in [1.807, 2.05) is 12.1 Å². The van der Waals surface area contributed by atoms with Gasteiger partial charge in [-0.3, -0.25) is 5.41 Å². The molecule has 0 unspecified atom stereocenters. The van der Waals surface area contributed by atoms with Crippen LogP contribution >= 0.6 is 15.9 Å². The Bertz CT molecular complexity index is 597. The van der Waals surface area contributed by atoms with Crippen LogP contribution in [0.5, 0.6) is 17.2 Å². The van der Waals surface area contributed by atoms with Crippen molar-refractivity contribution in [2.24, 2.45) is 5.73 Å². The Morgan fingerprint density at radius 1 is 1.11 bits per heavy atom. The molecule has 0 spiro atoms. The lowest BCUT2D eigenvalue weighted by atomic mass is 10.2. The third kappa shape index (κ3) is 3.06. The Kier molecular flexibility index (Phi) is 4.06. The summed E-state index contributed by atoms with van der Waals surface area (Å²) >= 11 is 3.36. The second-order valence-corrected chi connectivity index (χ2v) is 4.66. The van der Waals surface area contributed by atoms with E-state index in [0.29, 0.717) is 17.1 Å². The Balaban J connectivity index is 2.32. The topological polar surface area (TPSA) is 68.3 Å². The van der Waals surface area contributed by atoms with Gasteiger partial charge in [0.1, 0.15) is 23.1 Å². The summed E-state index contributed by atoms with van der Waals surface area (Å²) in [5.74, 6) is 1.90. The Labute approximate surface area is 119 Å². The molecule has 2 aromatic rings. The number of nitrogens with two attached hydrogens (primary N) is 1. The first-order valence-corrected chi connectivity index (χ1v) is 6.36. The zero-order valence-electron chi connectivity index (χ0n) is 10.3. The minimum absolute atomic E-state index is 0.0454. The highest BCUT2D eigenvalue weighted by Gasteiger charge is 2.11. The van der Waals surface area contributed by atoms with E-state index in [1.165, 1.54) is 0 Å². The number of hydrogen-bond acceptors (Lipinski definition) is 3. The first-order valence-electron chi connectivity index (χ1n) is 5.56. The highest BCUT2D eigenvalue weighted by molar-refractivity contribution is 9.10.